The fourth-order valence-electron chi connectivity index (χ4n) is 3.40. The minimum Gasteiger partial charge on any atom is -0.357 e. The third-order valence-corrected chi connectivity index (χ3v) is 4.82. The first-order valence-corrected chi connectivity index (χ1v) is 9.19. The molecule has 1 aromatic carbocycles. The SMILES string of the molecule is CCn1nc(C(=O)Nc2ccc(N3CCCC3)nc2)c2ccccc2c1=O. The molecule has 0 unspecified atom stereocenters. The molecule has 1 N–H and O–H groups in total. The molecule has 7 nitrogen and oxygen atoms in total. The lowest BCUT2D eigenvalue weighted by atomic mass is 10.1. The molecular weight excluding hydrogens is 342 g/mol. The summed E-state index contributed by atoms with van der Waals surface area (Å²) in [6.45, 7) is 4.27. The maximum atomic E-state index is 12.8. The van der Waals surface area contributed by atoms with Gasteiger partial charge in [-0.25, -0.2) is 9.67 Å². The summed E-state index contributed by atoms with van der Waals surface area (Å²) in [5.41, 5.74) is 0.639. The summed E-state index contributed by atoms with van der Waals surface area (Å²) in [6.07, 6.45) is 4.03. The summed E-state index contributed by atoms with van der Waals surface area (Å²) in [4.78, 5) is 31.9. The maximum absolute atomic E-state index is 12.8. The number of rotatable bonds is 4. The molecule has 1 fully saturated rings. The van der Waals surface area contributed by atoms with Gasteiger partial charge < -0.3 is 10.2 Å². The molecule has 3 heterocycles. The van der Waals surface area contributed by atoms with Crippen molar-refractivity contribution in [2.45, 2.75) is 26.3 Å². The Hall–Kier alpha value is -3.22. The molecule has 138 valence electrons. The minimum atomic E-state index is -0.357. The largest absolute Gasteiger partial charge is 0.357 e. The van der Waals surface area contributed by atoms with E-state index in [9.17, 15) is 9.59 Å². The number of hydrogen-bond donors (Lipinski definition) is 1. The molecule has 0 spiro atoms. The fraction of sp³-hybridized carbons (Fsp3) is 0.300. The maximum Gasteiger partial charge on any atom is 0.276 e. The molecule has 0 radical (unpaired) electrons. The summed E-state index contributed by atoms with van der Waals surface area (Å²) >= 11 is 0. The molecule has 1 saturated heterocycles. The van der Waals surface area contributed by atoms with Crippen LogP contribution in [0, 0.1) is 0 Å². The van der Waals surface area contributed by atoms with Crippen LogP contribution in [-0.2, 0) is 6.54 Å². The third kappa shape index (κ3) is 3.28. The van der Waals surface area contributed by atoms with Crippen molar-refractivity contribution < 1.29 is 4.79 Å². The van der Waals surface area contributed by atoms with Crippen molar-refractivity contribution in [3.05, 3.63) is 58.6 Å². The van der Waals surface area contributed by atoms with Crippen molar-refractivity contribution in [2.24, 2.45) is 0 Å². The smallest absolute Gasteiger partial charge is 0.276 e. The Bertz CT molecular complexity index is 1040. The van der Waals surface area contributed by atoms with Gasteiger partial charge >= 0.3 is 0 Å². The van der Waals surface area contributed by atoms with Gasteiger partial charge in [0.25, 0.3) is 11.5 Å². The van der Waals surface area contributed by atoms with Gasteiger partial charge in [-0.1, -0.05) is 18.2 Å². The first kappa shape index (κ1) is 17.2. The second-order valence-electron chi connectivity index (χ2n) is 6.57. The Labute approximate surface area is 156 Å². The number of aromatic nitrogens is 3. The van der Waals surface area contributed by atoms with Crippen molar-refractivity contribution in [2.75, 3.05) is 23.3 Å². The van der Waals surface area contributed by atoms with Crippen molar-refractivity contribution in [3.8, 4) is 0 Å². The summed E-state index contributed by atoms with van der Waals surface area (Å²) in [6, 6.07) is 10.8. The van der Waals surface area contributed by atoms with Gasteiger partial charge in [-0.15, -0.1) is 0 Å². The van der Waals surface area contributed by atoms with Crippen LogP contribution in [-0.4, -0.2) is 33.8 Å². The highest BCUT2D eigenvalue weighted by molar-refractivity contribution is 6.11. The summed E-state index contributed by atoms with van der Waals surface area (Å²) in [5.74, 6) is 0.567. The zero-order chi connectivity index (χ0) is 18.8. The van der Waals surface area contributed by atoms with Gasteiger partial charge in [0, 0.05) is 25.0 Å². The van der Waals surface area contributed by atoms with Gasteiger partial charge in [-0.05, 0) is 38.0 Å². The van der Waals surface area contributed by atoms with E-state index >= 15 is 0 Å². The molecule has 7 heteroatoms. The number of aryl methyl sites for hydroxylation is 1. The Balaban J connectivity index is 1.63. The molecule has 2 aromatic heterocycles. The fourth-order valence-corrected chi connectivity index (χ4v) is 3.40. The Morgan fingerprint density at radius 3 is 2.52 bits per heavy atom. The summed E-state index contributed by atoms with van der Waals surface area (Å²) in [7, 11) is 0. The molecule has 1 amide bonds. The van der Waals surface area contributed by atoms with E-state index in [1.54, 1.807) is 30.5 Å². The van der Waals surface area contributed by atoms with Crippen LogP contribution >= 0.6 is 0 Å². The Morgan fingerprint density at radius 1 is 1.11 bits per heavy atom. The number of carbonyl (C=O) groups is 1. The van der Waals surface area contributed by atoms with Gasteiger partial charge in [0.2, 0.25) is 0 Å². The number of pyridine rings is 1. The number of amides is 1. The van der Waals surface area contributed by atoms with E-state index in [4.69, 9.17) is 0 Å². The molecule has 4 rings (SSSR count). The van der Waals surface area contributed by atoms with Gasteiger partial charge in [0.15, 0.2) is 5.69 Å². The van der Waals surface area contributed by atoms with E-state index in [-0.39, 0.29) is 17.2 Å². The van der Waals surface area contributed by atoms with Gasteiger partial charge in [-0.3, -0.25) is 9.59 Å². The highest BCUT2D eigenvalue weighted by atomic mass is 16.2. The van der Waals surface area contributed by atoms with Crippen LogP contribution in [0.1, 0.15) is 30.3 Å². The van der Waals surface area contributed by atoms with E-state index in [1.165, 1.54) is 17.5 Å². The predicted molar refractivity (Wildman–Crippen MR) is 105 cm³/mol. The monoisotopic (exact) mass is 363 g/mol. The van der Waals surface area contributed by atoms with E-state index in [0.717, 1.165) is 18.9 Å². The second-order valence-corrected chi connectivity index (χ2v) is 6.57. The van der Waals surface area contributed by atoms with Crippen molar-refractivity contribution in [1.82, 2.24) is 14.8 Å². The van der Waals surface area contributed by atoms with E-state index in [0.29, 0.717) is 23.0 Å². The van der Waals surface area contributed by atoms with Crippen molar-refractivity contribution >= 4 is 28.2 Å². The third-order valence-electron chi connectivity index (χ3n) is 4.82. The van der Waals surface area contributed by atoms with Crippen molar-refractivity contribution in [3.63, 3.8) is 0 Å². The summed E-state index contributed by atoms with van der Waals surface area (Å²) in [5, 5.41) is 8.14. The normalized spacial score (nSPS) is 13.9. The Morgan fingerprint density at radius 2 is 1.85 bits per heavy atom. The van der Waals surface area contributed by atoms with E-state index in [1.807, 2.05) is 19.1 Å². The van der Waals surface area contributed by atoms with Crippen LogP contribution < -0.4 is 15.8 Å². The zero-order valence-electron chi connectivity index (χ0n) is 15.2. The standard InChI is InChI=1S/C20H21N5O2/c1-2-25-20(27)16-8-4-3-7-15(16)18(23-25)19(26)22-14-9-10-17(21-13-14)24-11-5-6-12-24/h3-4,7-10,13H,2,5-6,11-12H2,1H3,(H,22,26). The topological polar surface area (TPSA) is 80.1 Å². The van der Waals surface area contributed by atoms with Gasteiger partial charge in [0.1, 0.15) is 5.82 Å². The molecular formula is C20H21N5O2. The molecule has 0 aliphatic carbocycles. The van der Waals surface area contributed by atoms with E-state index in [2.05, 4.69) is 20.3 Å². The molecule has 1 aliphatic rings. The summed E-state index contributed by atoms with van der Waals surface area (Å²) < 4.78 is 1.31. The molecule has 1 aliphatic heterocycles. The molecule has 0 saturated carbocycles. The average Bonchev–Trinajstić information content (AvgIpc) is 3.24. The van der Waals surface area contributed by atoms with Crippen LogP contribution in [0.2, 0.25) is 0 Å². The van der Waals surface area contributed by atoms with Crippen LogP contribution in [0.15, 0.2) is 47.4 Å². The predicted octanol–water partition coefficient (Wildman–Crippen LogP) is 2.66. The number of carbonyl (C=O) groups excluding carboxylic acids is 1. The number of anilines is 2. The highest BCUT2D eigenvalue weighted by Crippen LogP contribution is 2.20. The van der Waals surface area contributed by atoms with Gasteiger partial charge in [-0.2, -0.15) is 5.10 Å². The molecule has 0 atom stereocenters. The van der Waals surface area contributed by atoms with Crippen molar-refractivity contribution in [1.29, 1.82) is 0 Å². The Kier molecular flexibility index (Phi) is 4.58. The van der Waals surface area contributed by atoms with Crippen LogP contribution in [0.4, 0.5) is 11.5 Å². The molecule has 27 heavy (non-hydrogen) atoms. The van der Waals surface area contributed by atoms with Crippen LogP contribution in [0.5, 0.6) is 0 Å². The molecule has 0 bridgehead atoms. The lowest BCUT2D eigenvalue weighted by molar-refractivity contribution is 0.102. The number of fused-ring (bicyclic) bond motifs is 1. The zero-order valence-corrected chi connectivity index (χ0v) is 15.2. The lowest BCUT2D eigenvalue weighted by Gasteiger charge is -2.16. The molecule has 3 aromatic rings. The minimum absolute atomic E-state index is 0.193. The highest BCUT2D eigenvalue weighted by Gasteiger charge is 2.17. The number of nitrogens with one attached hydrogen (secondary N) is 1. The lowest BCUT2D eigenvalue weighted by Crippen LogP contribution is -2.27. The second kappa shape index (κ2) is 7.19. The quantitative estimate of drug-likeness (QED) is 0.771. The first-order valence-electron chi connectivity index (χ1n) is 9.19. The number of nitrogens with zero attached hydrogens (tertiary/aromatic N) is 4. The van der Waals surface area contributed by atoms with Gasteiger partial charge in [0.05, 0.1) is 17.3 Å². The first-order chi connectivity index (χ1) is 13.2. The van der Waals surface area contributed by atoms with E-state index < -0.39 is 0 Å². The average molecular weight is 363 g/mol. The van der Waals surface area contributed by atoms with Crippen LogP contribution in [0.3, 0.4) is 0 Å². The van der Waals surface area contributed by atoms with Crippen LogP contribution in [0.25, 0.3) is 10.8 Å². The number of hydrogen-bond acceptors (Lipinski definition) is 5. The number of benzene rings is 1.